The van der Waals surface area contributed by atoms with Crippen molar-refractivity contribution < 1.29 is 14.7 Å². The topological polar surface area (TPSA) is 112 Å². The highest BCUT2D eigenvalue weighted by Gasteiger charge is 2.13. The number of amides is 1. The third-order valence-corrected chi connectivity index (χ3v) is 3.51. The lowest BCUT2D eigenvalue weighted by atomic mass is 10.2. The van der Waals surface area contributed by atoms with E-state index in [0.29, 0.717) is 22.8 Å². The standard InChI is InChI=1S/C15H13IN4O3/c1-9(21)18-12-2-4-13(5-3-12)19-15(17)10-6-11(16)8-14(7-10)20(22)23/h2-8H,1H3,(H2,17,19)(H,18,21)/p+1. The molecule has 118 valence electrons. The van der Waals surface area contributed by atoms with Gasteiger partial charge in [-0.05, 0) is 52.9 Å². The first kappa shape index (κ1) is 16.9. The number of nitrogens with one attached hydrogen (secondary N) is 2. The maximum atomic E-state index is 11.0. The number of carbonyl (C=O) groups is 1. The van der Waals surface area contributed by atoms with Crippen LogP contribution < -0.4 is 16.0 Å². The molecule has 2 rings (SSSR count). The number of nitrogens with zero attached hydrogens (tertiary/aromatic N) is 1. The van der Waals surface area contributed by atoms with Crippen molar-refractivity contribution in [3.05, 3.63) is 61.7 Å². The number of nitro benzene ring substituents is 1. The average Bonchev–Trinajstić information content (AvgIpc) is 2.48. The maximum absolute atomic E-state index is 11.0. The lowest BCUT2D eigenvalue weighted by Crippen LogP contribution is -2.69. The first-order valence-corrected chi connectivity index (χ1v) is 7.65. The highest BCUT2D eigenvalue weighted by atomic mass is 127. The van der Waals surface area contributed by atoms with E-state index in [0.717, 1.165) is 3.57 Å². The molecule has 2 aromatic rings. The molecule has 0 aromatic heterocycles. The van der Waals surface area contributed by atoms with E-state index in [9.17, 15) is 14.9 Å². The van der Waals surface area contributed by atoms with Crippen molar-refractivity contribution >= 4 is 51.4 Å². The molecule has 0 unspecified atom stereocenters. The number of nitrogen functional groups attached to an aromatic ring is 1. The van der Waals surface area contributed by atoms with E-state index in [1.54, 1.807) is 30.3 Å². The molecule has 0 aliphatic carbocycles. The molecule has 23 heavy (non-hydrogen) atoms. The van der Waals surface area contributed by atoms with Crippen LogP contribution in [0.1, 0.15) is 12.5 Å². The van der Waals surface area contributed by atoms with E-state index in [2.05, 4.69) is 10.3 Å². The number of nitro groups is 1. The fraction of sp³-hybridized carbons (Fsp3) is 0.0667. The van der Waals surface area contributed by atoms with Gasteiger partial charge in [-0.15, -0.1) is 0 Å². The second-order valence-corrected chi connectivity index (χ2v) is 6.00. The molecule has 0 atom stereocenters. The fourth-order valence-electron chi connectivity index (χ4n) is 1.90. The Balaban J connectivity index is 2.29. The van der Waals surface area contributed by atoms with Crippen LogP contribution in [-0.2, 0) is 4.79 Å². The first-order chi connectivity index (χ1) is 10.8. The van der Waals surface area contributed by atoms with Crippen LogP contribution in [0.5, 0.6) is 0 Å². The number of rotatable bonds is 4. The highest BCUT2D eigenvalue weighted by Crippen LogP contribution is 2.18. The summed E-state index contributed by atoms with van der Waals surface area (Å²) in [6.07, 6.45) is 0. The van der Waals surface area contributed by atoms with E-state index in [-0.39, 0.29) is 11.6 Å². The number of hydrogen-bond acceptors (Lipinski definition) is 3. The van der Waals surface area contributed by atoms with Gasteiger partial charge in [0, 0.05) is 28.3 Å². The molecule has 0 fully saturated rings. The van der Waals surface area contributed by atoms with Gasteiger partial charge in [0.25, 0.3) is 11.5 Å². The average molecular weight is 425 g/mol. The molecular formula is C15H14IN4O3+. The molecule has 1 amide bonds. The summed E-state index contributed by atoms with van der Waals surface area (Å²) in [6, 6.07) is 11.6. The molecule has 0 aliphatic rings. The molecule has 2 aromatic carbocycles. The minimum Gasteiger partial charge on any atom is -0.326 e. The van der Waals surface area contributed by atoms with Crippen LogP contribution in [0.2, 0.25) is 0 Å². The summed E-state index contributed by atoms with van der Waals surface area (Å²) in [4.78, 5) is 24.4. The predicted octanol–water partition coefficient (Wildman–Crippen LogP) is 1.28. The lowest BCUT2D eigenvalue weighted by Gasteiger charge is -2.02. The van der Waals surface area contributed by atoms with Crippen molar-refractivity contribution in [3.63, 3.8) is 0 Å². The van der Waals surface area contributed by atoms with Crippen LogP contribution in [0.3, 0.4) is 0 Å². The van der Waals surface area contributed by atoms with Crippen molar-refractivity contribution in [3.8, 4) is 0 Å². The molecule has 4 N–H and O–H groups in total. The minimum atomic E-state index is -0.457. The smallest absolute Gasteiger partial charge is 0.278 e. The monoisotopic (exact) mass is 425 g/mol. The second kappa shape index (κ2) is 7.18. The summed E-state index contributed by atoms with van der Waals surface area (Å²) >= 11 is 2.00. The van der Waals surface area contributed by atoms with Gasteiger partial charge < -0.3 is 5.32 Å². The van der Waals surface area contributed by atoms with Crippen molar-refractivity contribution in [2.24, 2.45) is 5.73 Å². The van der Waals surface area contributed by atoms with Gasteiger partial charge in [0.1, 0.15) is 5.69 Å². The molecule has 0 radical (unpaired) electrons. The third kappa shape index (κ3) is 4.74. The number of nitrogens with two attached hydrogens (primary N) is 1. The quantitative estimate of drug-likeness (QED) is 0.225. The number of benzene rings is 2. The zero-order valence-corrected chi connectivity index (χ0v) is 14.3. The van der Waals surface area contributed by atoms with E-state index >= 15 is 0 Å². The van der Waals surface area contributed by atoms with Gasteiger partial charge in [-0.25, -0.2) is 4.99 Å². The zero-order chi connectivity index (χ0) is 17.0. The normalized spacial score (nSPS) is 11.1. The number of halogens is 1. The first-order valence-electron chi connectivity index (χ1n) is 6.57. The van der Waals surface area contributed by atoms with Gasteiger partial charge in [-0.3, -0.25) is 20.6 Å². The molecule has 0 saturated heterocycles. The number of non-ortho nitro benzene ring substituents is 1. The Morgan fingerprint density at radius 1 is 1.26 bits per heavy atom. The Hall–Kier alpha value is -2.49. The summed E-state index contributed by atoms with van der Waals surface area (Å²) in [5, 5.41) is 13.6. The number of carbonyl (C=O) groups excluding carboxylic acids is 1. The maximum Gasteiger partial charge on any atom is 0.278 e. The number of amidine groups is 1. The number of anilines is 1. The van der Waals surface area contributed by atoms with E-state index in [1.807, 2.05) is 22.6 Å². The Morgan fingerprint density at radius 2 is 1.91 bits per heavy atom. The molecule has 0 spiro atoms. The van der Waals surface area contributed by atoms with Gasteiger partial charge in [-0.2, -0.15) is 0 Å². The van der Waals surface area contributed by atoms with Crippen molar-refractivity contribution in [1.82, 2.24) is 0 Å². The Labute approximate surface area is 145 Å². The van der Waals surface area contributed by atoms with Gasteiger partial charge in [0.05, 0.1) is 10.5 Å². The Morgan fingerprint density at radius 3 is 2.48 bits per heavy atom. The van der Waals surface area contributed by atoms with Gasteiger partial charge >= 0.3 is 0 Å². The molecular weight excluding hydrogens is 411 g/mol. The van der Waals surface area contributed by atoms with Gasteiger partial charge in [0.15, 0.2) is 0 Å². The zero-order valence-electron chi connectivity index (χ0n) is 12.2. The summed E-state index contributed by atoms with van der Waals surface area (Å²) in [5.41, 5.74) is 7.89. The van der Waals surface area contributed by atoms with Crippen LogP contribution in [-0.4, -0.2) is 16.7 Å². The molecule has 7 nitrogen and oxygen atoms in total. The molecule has 0 bridgehead atoms. The largest absolute Gasteiger partial charge is 0.326 e. The van der Waals surface area contributed by atoms with E-state index in [4.69, 9.17) is 5.73 Å². The highest BCUT2D eigenvalue weighted by molar-refractivity contribution is 14.1. The molecule has 0 heterocycles. The molecule has 0 aliphatic heterocycles. The van der Waals surface area contributed by atoms with Crippen LogP contribution >= 0.6 is 22.6 Å². The summed E-state index contributed by atoms with van der Waals surface area (Å²) in [6.45, 7) is 1.43. The summed E-state index contributed by atoms with van der Waals surface area (Å²) < 4.78 is 0.720. The molecule has 0 saturated carbocycles. The van der Waals surface area contributed by atoms with Crippen LogP contribution in [0, 0.1) is 13.7 Å². The van der Waals surface area contributed by atoms with Crippen molar-refractivity contribution in [2.75, 3.05) is 5.32 Å². The molecule has 8 heteroatoms. The van der Waals surface area contributed by atoms with Crippen LogP contribution in [0.25, 0.3) is 0 Å². The van der Waals surface area contributed by atoms with E-state index < -0.39 is 4.92 Å². The predicted molar refractivity (Wildman–Crippen MR) is 95.5 cm³/mol. The summed E-state index contributed by atoms with van der Waals surface area (Å²) in [7, 11) is 0. The van der Waals surface area contributed by atoms with E-state index in [1.165, 1.54) is 19.1 Å². The fourth-order valence-corrected chi connectivity index (χ4v) is 2.56. The number of hydrogen-bond donors (Lipinski definition) is 3. The second-order valence-electron chi connectivity index (χ2n) is 4.75. The van der Waals surface area contributed by atoms with Crippen LogP contribution in [0.15, 0.2) is 42.5 Å². The van der Waals surface area contributed by atoms with Gasteiger partial charge in [-0.1, -0.05) is 0 Å². The van der Waals surface area contributed by atoms with Crippen molar-refractivity contribution in [1.29, 1.82) is 0 Å². The minimum absolute atomic E-state index is 0.0161. The van der Waals surface area contributed by atoms with Gasteiger partial charge in [0.2, 0.25) is 5.91 Å². The summed E-state index contributed by atoms with van der Waals surface area (Å²) in [5.74, 6) is 0.154. The Bertz CT molecular complexity index is 788. The third-order valence-electron chi connectivity index (χ3n) is 2.89. The lowest BCUT2D eigenvalue weighted by molar-refractivity contribution is -0.385. The Kier molecular flexibility index (Phi) is 5.27. The van der Waals surface area contributed by atoms with Crippen molar-refractivity contribution in [2.45, 2.75) is 6.92 Å². The van der Waals surface area contributed by atoms with Crippen LogP contribution in [0.4, 0.5) is 17.1 Å². The SMILES string of the molecule is CC(=O)Nc1ccc([NH+]=C(N)c2cc(I)cc([N+](=O)[O-])c2)cc1.